The SMILES string of the molecule is Cn1nc(-c2ccc(Cl)c(C=O)c2)c(=O)cc1C(F)(F)F. The van der Waals surface area contributed by atoms with Gasteiger partial charge in [0.25, 0.3) is 0 Å². The van der Waals surface area contributed by atoms with Crippen molar-refractivity contribution in [1.29, 1.82) is 0 Å². The van der Waals surface area contributed by atoms with E-state index in [9.17, 15) is 22.8 Å². The summed E-state index contributed by atoms with van der Waals surface area (Å²) < 4.78 is 38.6. The van der Waals surface area contributed by atoms with Gasteiger partial charge in [0.15, 0.2) is 6.29 Å². The topological polar surface area (TPSA) is 52.0 Å². The van der Waals surface area contributed by atoms with Crippen molar-refractivity contribution in [2.45, 2.75) is 6.18 Å². The first-order valence-electron chi connectivity index (χ1n) is 5.64. The molecular formula is C13H8ClF3N2O2. The fourth-order valence-electron chi connectivity index (χ4n) is 1.79. The third-order valence-electron chi connectivity index (χ3n) is 2.79. The zero-order valence-electron chi connectivity index (χ0n) is 10.6. The van der Waals surface area contributed by atoms with Crippen molar-refractivity contribution in [1.82, 2.24) is 9.78 Å². The number of carbonyl (C=O) groups excluding carboxylic acids is 1. The maximum atomic E-state index is 12.7. The molecule has 0 radical (unpaired) electrons. The summed E-state index contributed by atoms with van der Waals surface area (Å²) in [5.74, 6) is 0. The van der Waals surface area contributed by atoms with Crippen LogP contribution in [0.5, 0.6) is 0 Å². The van der Waals surface area contributed by atoms with Crippen molar-refractivity contribution < 1.29 is 18.0 Å². The van der Waals surface area contributed by atoms with Gasteiger partial charge in [0.1, 0.15) is 11.4 Å². The fraction of sp³-hybridized carbons (Fsp3) is 0.154. The van der Waals surface area contributed by atoms with E-state index in [1.165, 1.54) is 18.2 Å². The van der Waals surface area contributed by atoms with Gasteiger partial charge in [-0.25, -0.2) is 0 Å². The first-order valence-corrected chi connectivity index (χ1v) is 6.02. The minimum absolute atomic E-state index is 0.123. The van der Waals surface area contributed by atoms with Crippen molar-refractivity contribution in [2.75, 3.05) is 0 Å². The predicted molar refractivity (Wildman–Crippen MR) is 70.3 cm³/mol. The van der Waals surface area contributed by atoms with Gasteiger partial charge in [-0.3, -0.25) is 14.3 Å². The van der Waals surface area contributed by atoms with Crippen LogP contribution in [0.4, 0.5) is 13.2 Å². The number of nitrogens with zero attached hydrogens (tertiary/aromatic N) is 2. The van der Waals surface area contributed by atoms with Crippen LogP contribution in [-0.2, 0) is 13.2 Å². The summed E-state index contributed by atoms with van der Waals surface area (Å²) >= 11 is 5.76. The van der Waals surface area contributed by atoms with Gasteiger partial charge in [-0.05, 0) is 12.1 Å². The van der Waals surface area contributed by atoms with Crippen molar-refractivity contribution >= 4 is 17.9 Å². The number of carbonyl (C=O) groups is 1. The zero-order chi connectivity index (χ0) is 15.8. The van der Waals surface area contributed by atoms with Crippen LogP contribution in [0.2, 0.25) is 5.02 Å². The van der Waals surface area contributed by atoms with Gasteiger partial charge in [-0.2, -0.15) is 18.3 Å². The molecule has 0 amide bonds. The molecule has 8 heteroatoms. The third-order valence-corrected chi connectivity index (χ3v) is 3.13. The Balaban J connectivity index is 2.64. The van der Waals surface area contributed by atoms with Crippen LogP contribution in [0.1, 0.15) is 16.1 Å². The average Bonchev–Trinajstić information content (AvgIpc) is 2.40. The van der Waals surface area contributed by atoms with Crippen LogP contribution in [0, 0.1) is 0 Å². The standard InChI is InChI=1S/C13H8ClF3N2O2/c1-19-11(13(15,16)17)5-10(21)12(18-19)7-2-3-9(14)8(4-7)6-20/h2-6H,1H3. The molecule has 0 fully saturated rings. The number of halogens is 4. The third kappa shape index (κ3) is 2.97. The van der Waals surface area contributed by atoms with Gasteiger partial charge in [-0.15, -0.1) is 0 Å². The lowest BCUT2D eigenvalue weighted by molar-refractivity contribution is -0.144. The maximum absolute atomic E-state index is 12.7. The molecule has 0 saturated carbocycles. The molecule has 110 valence electrons. The fourth-order valence-corrected chi connectivity index (χ4v) is 1.95. The largest absolute Gasteiger partial charge is 0.433 e. The van der Waals surface area contributed by atoms with Gasteiger partial charge < -0.3 is 0 Å². The second-order valence-corrected chi connectivity index (χ2v) is 4.63. The Labute approximate surface area is 121 Å². The van der Waals surface area contributed by atoms with E-state index in [1.807, 2.05) is 0 Å². The summed E-state index contributed by atoms with van der Waals surface area (Å²) in [5.41, 5.74) is -1.89. The van der Waals surface area contributed by atoms with E-state index in [4.69, 9.17) is 11.6 Å². The number of hydrogen-bond donors (Lipinski definition) is 0. The van der Waals surface area contributed by atoms with Crippen LogP contribution < -0.4 is 5.43 Å². The lowest BCUT2D eigenvalue weighted by atomic mass is 10.1. The van der Waals surface area contributed by atoms with Crippen molar-refractivity contribution in [3.05, 3.63) is 50.8 Å². The number of benzene rings is 1. The van der Waals surface area contributed by atoms with Gasteiger partial charge >= 0.3 is 6.18 Å². The van der Waals surface area contributed by atoms with Crippen LogP contribution in [-0.4, -0.2) is 16.1 Å². The number of hydrogen-bond acceptors (Lipinski definition) is 3. The summed E-state index contributed by atoms with van der Waals surface area (Å²) in [4.78, 5) is 22.6. The quantitative estimate of drug-likeness (QED) is 0.800. The monoisotopic (exact) mass is 316 g/mol. The number of aldehydes is 1. The molecule has 0 aliphatic rings. The molecule has 4 nitrogen and oxygen atoms in total. The van der Waals surface area contributed by atoms with Crippen molar-refractivity contribution in [2.24, 2.45) is 7.05 Å². The summed E-state index contributed by atoms with van der Waals surface area (Å²) in [6.07, 6.45) is -4.19. The Hall–Kier alpha value is -2.15. The lowest BCUT2D eigenvalue weighted by Crippen LogP contribution is -2.22. The Morgan fingerprint density at radius 3 is 2.52 bits per heavy atom. The molecule has 1 aromatic heterocycles. The van der Waals surface area contributed by atoms with Gasteiger partial charge in [0.05, 0.1) is 5.02 Å². The second kappa shape index (κ2) is 5.33. The molecule has 0 saturated heterocycles. The molecule has 2 rings (SSSR count). The molecule has 1 heterocycles. The predicted octanol–water partition coefficient (Wildman–Crippen LogP) is 2.93. The van der Waals surface area contributed by atoms with Gasteiger partial charge in [0.2, 0.25) is 5.43 Å². The highest BCUT2D eigenvalue weighted by atomic mass is 35.5. The highest BCUT2D eigenvalue weighted by Gasteiger charge is 2.34. The first-order chi connectivity index (χ1) is 9.74. The van der Waals surface area contributed by atoms with E-state index in [1.54, 1.807) is 0 Å². The summed E-state index contributed by atoms with van der Waals surface area (Å²) in [6, 6.07) is 4.55. The Morgan fingerprint density at radius 2 is 1.95 bits per heavy atom. The summed E-state index contributed by atoms with van der Waals surface area (Å²) in [6.45, 7) is 0. The van der Waals surface area contributed by atoms with Crippen molar-refractivity contribution in [3.8, 4) is 11.3 Å². The molecule has 0 spiro atoms. The van der Waals surface area contributed by atoms with E-state index in [2.05, 4.69) is 5.10 Å². The second-order valence-electron chi connectivity index (χ2n) is 4.22. The maximum Gasteiger partial charge on any atom is 0.433 e. The highest BCUT2D eigenvalue weighted by Crippen LogP contribution is 2.28. The molecule has 0 N–H and O–H groups in total. The van der Waals surface area contributed by atoms with Crippen LogP contribution in [0.15, 0.2) is 29.1 Å². The average molecular weight is 317 g/mol. The molecule has 0 unspecified atom stereocenters. The van der Waals surface area contributed by atoms with E-state index in [0.29, 0.717) is 17.0 Å². The molecular weight excluding hydrogens is 309 g/mol. The zero-order valence-corrected chi connectivity index (χ0v) is 11.4. The highest BCUT2D eigenvalue weighted by molar-refractivity contribution is 6.33. The lowest BCUT2D eigenvalue weighted by Gasteiger charge is -2.12. The Morgan fingerprint density at radius 1 is 1.29 bits per heavy atom. The Bertz CT molecular complexity index is 769. The summed E-state index contributed by atoms with van der Waals surface area (Å²) in [7, 11) is 1.09. The minimum atomic E-state index is -4.67. The molecule has 0 atom stereocenters. The van der Waals surface area contributed by atoms with E-state index in [0.717, 1.165) is 7.05 Å². The minimum Gasteiger partial charge on any atom is -0.298 e. The van der Waals surface area contributed by atoms with Crippen molar-refractivity contribution in [3.63, 3.8) is 0 Å². The van der Waals surface area contributed by atoms with Gasteiger partial charge in [-0.1, -0.05) is 17.7 Å². The Kier molecular flexibility index (Phi) is 3.87. The molecule has 0 aliphatic carbocycles. The number of aryl methyl sites for hydroxylation is 1. The normalized spacial score (nSPS) is 11.5. The smallest absolute Gasteiger partial charge is 0.298 e. The molecule has 1 aromatic carbocycles. The number of aromatic nitrogens is 2. The van der Waals surface area contributed by atoms with E-state index < -0.39 is 17.3 Å². The molecule has 21 heavy (non-hydrogen) atoms. The molecule has 0 aliphatic heterocycles. The van der Waals surface area contributed by atoms with E-state index >= 15 is 0 Å². The molecule has 2 aromatic rings. The van der Waals surface area contributed by atoms with Crippen LogP contribution >= 0.6 is 11.6 Å². The first kappa shape index (κ1) is 15.2. The van der Waals surface area contributed by atoms with Crippen LogP contribution in [0.25, 0.3) is 11.3 Å². The summed E-state index contributed by atoms with van der Waals surface area (Å²) in [5, 5.41) is 3.82. The number of rotatable bonds is 2. The van der Waals surface area contributed by atoms with Crippen LogP contribution in [0.3, 0.4) is 0 Å². The number of alkyl halides is 3. The van der Waals surface area contributed by atoms with E-state index in [-0.39, 0.29) is 21.8 Å². The van der Waals surface area contributed by atoms with Gasteiger partial charge in [0, 0.05) is 24.2 Å². The molecule has 0 bridgehead atoms.